The summed E-state index contributed by atoms with van der Waals surface area (Å²) in [6.07, 6.45) is 2.90. The smallest absolute Gasteiger partial charge is 0.274 e. The average molecular weight is 422 g/mol. The van der Waals surface area contributed by atoms with Crippen molar-refractivity contribution in [2.75, 3.05) is 12.8 Å². The maximum Gasteiger partial charge on any atom is 0.274 e. The summed E-state index contributed by atoms with van der Waals surface area (Å²) in [6, 6.07) is 10.3. The van der Waals surface area contributed by atoms with Crippen LogP contribution in [0.1, 0.15) is 26.3 Å². The molecule has 0 unspecified atom stereocenters. The molecule has 0 aliphatic rings. The first-order valence-electron chi connectivity index (χ1n) is 9.09. The van der Waals surface area contributed by atoms with Crippen LogP contribution in [0.2, 0.25) is 0 Å². The van der Waals surface area contributed by atoms with E-state index in [0.29, 0.717) is 27.7 Å². The highest BCUT2D eigenvalue weighted by Gasteiger charge is 2.24. The number of hydrogen-bond acceptors (Lipinski definition) is 5. The molecule has 4 N–H and O–H groups in total. The Balaban J connectivity index is 1.80. The Morgan fingerprint density at radius 2 is 1.94 bits per heavy atom. The second kappa shape index (κ2) is 7.96. The van der Waals surface area contributed by atoms with Gasteiger partial charge in [-0.1, -0.05) is 12.1 Å². The van der Waals surface area contributed by atoms with E-state index < -0.39 is 28.9 Å². The number of rotatable bonds is 5. The first kappa shape index (κ1) is 20.2. The number of carbonyl (C=O) groups excluding carboxylic acids is 2. The molecule has 2 aromatic carbocycles. The third-order valence-electron chi connectivity index (χ3n) is 4.78. The Kier molecular flexibility index (Phi) is 5.18. The summed E-state index contributed by atoms with van der Waals surface area (Å²) >= 11 is 0. The number of anilines is 1. The number of halogens is 2. The van der Waals surface area contributed by atoms with Crippen molar-refractivity contribution in [1.82, 2.24) is 15.4 Å². The van der Waals surface area contributed by atoms with Crippen molar-refractivity contribution in [3.8, 4) is 11.1 Å². The number of carbonyl (C=O) groups is 2. The number of hydroxylamine groups is 1. The zero-order valence-electron chi connectivity index (χ0n) is 16.2. The van der Waals surface area contributed by atoms with Crippen molar-refractivity contribution in [3.05, 3.63) is 83.2 Å². The van der Waals surface area contributed by atoms with Gasteiger partial charge < -0.3 is 10.7 Å². The second-order valence-electron chi connectivity index (χ2n) is 6.69. The molecule has 0 spiro atoms. The number of fused-ring (bicyclic) bond motifs is 1. The number of nitrogens with one attached hydrogen (secondary N) is 2. The molecule has 156 valence electrons. The minimum absolute atomic E-state index is 0.0426. The molecular formula is C22H16F2N4O3. The van der Waals surface area contributed by atoms with E-state index in [1.54, 1.807) is 36.5 Å². The van der Waals surface area contributed by atoms with Crippen molar-refractivity contribution < 1.29 is 23.2 Å². The maximum absolute atomic E-state index is 14.4. The summed E-state index contributed by atoms with van der Waals surface area (Å²) < 4.78 is 28.6. The molecular weight excluding hydrogens is 406 g/mol. The summed E-state index contributed by atoms with van der Waals surface area (Å²) in [7, 11) is 1.33. The van der Waals surface area contributed by atoms with Gasteiger partial charge in [-0.05, 0) is 35.9 Å². The molecule has 4 rings (SSSR count). The molecule has 7 nitrogen and oxygen atoms in total. The highest BCUT2D eigenvalue weighted by molar-refractivity contribution is 6.16. The van der Waals surface area contributed by atoms with E-state index in [1.807, 2.05) is 0 Å². The van der Waals surface area contributed by atoms with Crippen LogP contribution in [-0.2, 0) is 4.84 Å². The molecule has 2 heterocycles. The van der Waals surface area contributed by atoms with Gasteiger partial charge in [0.15, 0.2) is 5.82 Å². The third-order valence-corrected chi connectivity index (χ3v) is 4.78. The van der Waals surface area contributed by atoms with Crippen LogP contribution in [0.4, 0.5) is 14.5 Å². The number of hydrogen-bond donors (Lipinski definition) is 3. The maximum atomic E-state index is 14.4. The second-order valence-corrected chi connectivity index (χ2v) is 6.69. The molecule has 2 aromatic heterocycles. The number of benzene rings is 2. The minimum atomic E-state index is -1.11. The number of nitrogens with two attached hydrogens (primary N) is 1. The fourth-order valence-electron chi connectivity index (χ4n) is 3.25. The van der Waals surface area contributed by atoms with Gasteiger partial charge in [0, 0.05) is 34.5 Å². The molecule has 4 aromatic rings. The van der Waals surface area contributed by atoms with Crippen LogP contribution in [0.3, 0.4) is 0 Å². The summed E-state index contributed by atoms with van der Waals surface area (Å²) in [5.74, 6) is -3.41. The minimum Gasteiger partial charge on any atom is -0.396 e. The largest absolute Gasteiger partial charge is 0.396 e. The van der Waals surface area contributed by atoms with Crippen LogP contribution < -0.4 is 11.2 Å². The zero-order valence-corrected chi connectivity index (χ0v) is 16.2. The van der Waals surface area contributed by atoms with Gasteiger partial charge in [-0.2, -0.15) is 0 Å². The summed E-state index contributed by atoms with van der Waals surface area (Å²) in [5.41, 5.74) is 8.69. The first-order chi connectivity index (χ1) is 14.9. The molecule has 0 bridgehead atoms. The lowest BCUT2D eigenvalue weighted by atomic mass is 9.99. The third kappa shape index (κ3) is 3.62. The van der Waals surface area contributed by atoms with Gasteiger partial charge in [-0.15, -0.1) is 0 Å². The van der Waals surface area contributed by atoms with Crippen molar-refractivity contribution in [2.45, 2.75) is 0 Å². The van der Waals surface area contributed by atoms with Crippen LogP contribution >= 0.6 is 0 Å². The number of aromatic amines is 1. The number of amides is 1. The van der Waals surface area contributed by atoms with E-state index in [-0.39, 0.29) is 11.3 Å². The predicted octanol–water partition coefficient (Wildman–Crippen LogP) is 3.61. The molecule has 0 saturated heterocycles. The Morgan fingerprint density at radius 1 is 1.13 bits per heavy atom. The number of H-pyrrole nitrogens is 1. The highest BCUT2D eigenvalue weighted by Crippen LogP contribution is 2.29. The Hall–Kier alpha value is -4.11. The molecule has 0 fully saturated rings. The lowest BCUT2D eigenvalue weighted by Gasteiger charge is -2.07. The van der Waals surface area contributed by atoms with Crippen LogP contribution in [0, 0.1) is 11.6 Å². The normalized spacial score (nSPS) is 10.9. The van der Waals surface area contributed by atoms with E-state index in [0.717, 1.165) is 12.1 Å². The fourth-order valence-corrected chi connectivity index (χ4v) is 3.25. The summed E-state index contributed by atoms with van der Waals surface area (Å²) in [5, 5.41) is 0.371. The van der Waals surface area contributed by atoms with Crippen molar-refractivity contribution in [2.24, 2.45) is 0 Å². The summed E-state index contributed by atoms with van der Waals surface area (Å²) in [4.78, 5) is 36.7. The van der Waals surface area contributed by atoms with Crippen LogP contribution in [0.15, 0.2) is 54.9 Å². The molecule has 0 saturated carbocycles. The number of nitrogens with zero attached hydrogens (tertiary/aromatic N) is 1. The van der Waals surface area contributed by atoms with Gasteiger partial charge >= 0.3 is 0 Å². The van der Waals surface area contributed by atoms with Gasteiger partial charge in [0.1, 0.15) is 11.5 Å². The Bertz CT molecular complexity index is 1330. The van der Waals surface area contributed by atoms with Gasteiger partial charge in [0.25, 0.3) is 5.91 Å². The van der Waals surface area contributed by atoms with Crippen molar-refractivity contribution in [3.63, 3.8) is 0 Å². The van der Waals surface area contributed by atoms with Crippen LogP contribution in [0.25, 0.3) is 22.2 Å². The van der Waals surface area contributed by atoms with Crippen LogP contribution in [-0.4, -0.2) is 28.8 Å². The van der Waals surface area contributed by atoms with E-state index in [1.165, 1.54) is 13.3 Å². The topological polar surface area (TPSA) is 110 Å². The molecule has 1 amide bonds. The van der Waals surface area contributed by atoms with E-state index in [4.69, 9.17) is 5.73 Å². The van der Waals surface area contributed by atoms with E-state index in [9.17, 15) is 18.4 Å². The number of nitrogen functional groups attached to an aromatic ring is 1. The Morgan fingerprint density at radius 3 is 2.71 bits per heavy atom. The molecule has 9 heteroatoms. The first-order valence-corrected chi connectivity index (χ1v) is 9.09. The average Bonchev–Trinajstić information content (AvgIpc) is 3.20. The number of pyridine rings is 1. The molecule has 0 atom stereocenters. The quantitative estimate of drug-likeness (QED) is 0.259. The fraction of sp³-hybridized carbons (Fsp3) is 0.0455. The highest BCUT2D eigenvalue weighted by atomic mass is 19.1. The molecule has 31 heavy (non-hydrogen) atoms. The van der Waals surface area contributed by atoms with Gasteiger partial charge in [-0.25, -0.2) is 19.2 Å². The number of aromatic nitrogens is 2. The zero-order chi connectivity index (χ0) is 22.1. The predicted molar refractivity (Wildman–Crippen MR) is 110 cm³/mol. The molecule has 0 radical (unpaired) electrons. The standard InChI is InChI=1S/C22H16F2N4O3/c1-31-28-22(30)12-4-2-3-11(7-12)13-8-14-15(10-27-21(14)26-9-13)20(29)18-16(23)5-6-17(25)19(18)24/h2-10H,25H2,1H3,(H,26,27)(H,28,30). The van der Waals surface area contributed by atoms with Gasteiger partial charge in [0.2, 0.25) is 5.78 Å². The lowest BCUT2D eigenvalue weighted by molar-refractivity contribution is 0.0537. The SMILES string of the molecule is CONC(=O)c1cccc(-c2cnc3[nH]cc(C(=O)c4c(F)ccc(N)c4F)c3c2)c1. The van der Waals surface area contributed by atoms with E-state index in [2.05, 4.69) is 20.3 Å². The molecule has 0 aliphatic heterocycles. The van der Waals surface area contributed by atoms with Gasteiger partial charge in [0.05, 0.1) is 18.4 Å². The van der Waals surface area contributed by atoms with Crippen LogP contribution in [0.5, 0.6) is 0 Å². The molecule has 0 aliphatic carbocycles. The number of ketones is 1. The van der Waals surface area contributed by atoms with E-state index >= 15 is 0 Å². The summed E-state index contributed by atoms with van der Waals surface area (Å²) in [6.45, 7) is 0. The van der Waals surface area contributed by atoms with Crippen molar-refractivity contribution in [1.29, 1.82) is 0 Å². The Labute approximate surface area is 174 Å². The lowest BCUT2D eigenvalue weighted by Crippen LogP contribution is -2.21. The van der Waals surface area contributed by atoms with Crippen molar-refractivity contribution >= 4 is 28.4 Å². The van der Waals surface area contributed by atoms with Gasteiger partial charge in [-0.3, -0.25) is 14.4 Å². The monoisotopic (exact) mass is 422 g/mol.